The van der Waals surface area contributed by atoms with Crippen molar-refractivity contribution in [2.75, 3.05) is 17.3 Å². The molecule has 1 fully saturated rings. The fraction of sp³-hybridized carbons (Fsp3) is 0.226. The highest BCUT2D eigenvalue weighted by Crippen LogP contribution is 2.55. The molecule has 8 nitrogen and oxygen atoms in total. The molecule has 208 valence electrons. The molecule has 0 bridgehead atoms. The highest BCUT2D eigenvalue weighted by atomic mass is 32.2. The predicted molar refractivity (Wildman–Crippen MR) is 160 cm³/mol. The van der Waals surface area contributed by atoms with Crippen molar-refractivity contribution in [3.05, 3.63) is 104 Å². The van der Waals surface area contributed by atoms with Crippen LogP contribution in [0.3, 0.4) is 0 Å². The van der Waals surface area contributed by atoms with Gasteiger partial charge in [0.15, 0.2) is 0 Å². The van der Waals surface area contributed by atoms with E-state index in [0.29, 0.717) is 27.0 Å². The highest BCUT2D eigenvalue weighted by Gasteiger charge is 2.57. The van der Waals surface area contributed by atoms with Crippen molar-refractivity contribution in [1.29, 1.82) is 0 Å². The van der Waals surface area contributed by atoms with Gasteiger partial charge in [0.1, 0.15) is 17.5 Å². The number of para-hydroxylation sites is 2. The number of aryl methyl sites for hydroxylation is 2. The molecule has 3 amide bonds. The summed E-state index contributed by atoms with van der Waals surface area (Å²) in [5.41, 5.74) is 3.82. The van der Waals surface area contributed by atoms with Crippen molar-refractivity contribution in [1.82, 2.24) is 4.57 Å². The van der Waals surface area contributed by atoms with Crippen LogP contribution in [0.15, 0.2) is 82.6 Å². The van der Waals surface area contributed by atoms with Crippen LogP contribution in [0.4, 0.5) is 11.4 Å². The van der Waals surface area contributed by atoms with Crippen LogP contribution in [0, 0.1) is 19.8 Å². The summed E-state index contributed by atoms with van der Waals surface area (Å²) in [4.78, 5) is 56.0. The molecule has 6 rings (SSSR count). The normalized spacial score (nSPS) is 19.6. The smallest absolute Gasteiger partial charge is 0.308 e. The van der Waals surface area contributed by atoms with E-state index in [2.05, 4.69) is 5.32 Å². The molecule has 1 saturated heterocycles. The number of anilines is 2. The zero-order valence-corrected chi connectivity index (χ0v) is 24.3. The van der Waals surface area contributed by atoms with Gasteiger partial charge < -0.3 is 10.1 Å². The fourth-order valence-corrected chi connectivity index (χ4v) is 8.27. The van der Waals surface area contributed by atoms with Crippen LogP contribution in [-0.2, 0) is 20.9 Å². The first-order chi connectivity index (χ1) is 19.8. The van der Waals surface area contributed by atoms with Gasteiger partial charge in [-0.15, -0.1) is 0 Å². The number of thiazole rings is 1. The van der Waals surface area contributed by atoms with Gasteiger partial charge in [0, 0.05) is 22.0 Å². The Morgan fingerprint density at radius 2 is 1.63 bits per heavy atom. The lowest BCUT2D eigenvalue weighted by Gasteiger charge is -2.31. The van der Waals surface area contributed by atoms with Crippen LogP contribution in [0.5, 0.6) is 5.75 Å². The van der Waals surface area contributed by atoms with Gasteiger partial charge in [-0.1, -0.05) is 77.2 Å². The summed E-state index contributed by atoms with van der Waals surface area (Å²) in [5.74, 6) is -1.79. The number of hydrogen-bond donors (Lipinski definition) is 1. The maximum atomic E-state index is 14.0. The van der Waals surface area contributed by atoms with Crippen LogP contribution in [0.25, 0.3) is 0 Å². The number of fused-ring (bicyclic) bond motifs is 2. The Hall–Kier alpha value is -4.15. The van der Waals surface area contributed by atoms with Gasteiger partial charge in [0.05, 0.1) is 23.7 Å². The molecule has 0 saturated carbocycles. The molecule has 0 aliphatic carbocycles. The van der Waals surface area contributed by atoms with E-state index in [1.165, 1.54) is 21.2 Å². The number of rotatable bonds is 6. The van der Waals surface area contributed by atoms with Gasteiger partial charge in [0.2, 0.25) is 17.7 Å². The third kappa shape index (κ3) is 4.66. The summed E-state index contributed by atoms with van der Waals surface area (Å²) < 4.78 is 7.09. The molecule has 3 aromatic carbocycles. The summed E-state index contributed by atoms with van der Waals surface area (Å²) in [5, 5.41) is 2.65. The number of aromatic nitrogens is 1. The van der Waals surface area contributed by atoms with Gasteiger partial charge >= 0.3 is 4.87 Å². The Morgan fingerprint density at radius 3 is 2.37 bits per heavy atom. The SMILES string of the molecule is COc1ccccc1C1c2sc(=O)n(CC(=O)Nc3ccccc3C)c2SC2C(=O)N(c3ccc(C)cc3)C(=O)C21. The minimum atomic E-state index is -0.772. The Morgan fingerprint density at radius 1 is 0.927 bits per heavy atom. The summed E-state index contributed by atoms with van der Waals surface area (Å²) in [7, 11) is 1.55. The molecule has 10 heteroatoms. The standard InChI is InChI=1S/C31H27N3O5S2/c1-17-12-14-19(15-13-17)34-28(36)25-24(20-9-5-7-11-22(20)39-3)27-30(40-26(25)29(34)37)33(31(38)41-27)16-23(35)32-21-10-6-4-8-18(21)2/h4-15,24-26H,16H2,1-3H3,(H,32,35). The summed E-state index contributed by atoms with van der Waals surface area (Å²) in [6, 6.07) is 22.0. The average molecular weight is 586 g/mol. The molecule has 2 aliphatic rings. The second kappa shape index (κ2) is 10.7. The zero-order valence-electron chi connectivity index (χ0n) is 22.6. The Bertz CT molecular complexity index is 1740. The van der Waals surface area contributed by atoms with Crippen molar-refractivity contribution in [2.24, 2.45) is 5.92 Å². The lowest BCUT2D eigenvalue weighted by Crippen LogP contribution is -2.33. The quantitative estimate of drug-likeness (QED) is 0.321. The molecule has 1 aromatic heterocycles. The summed E-state index contributed by atoms with van der Waals surface area (Å²) >= 11 is 2.20. The topological polar surface area (TPSA) is 97.7 Å². The molecule has 4 aromatic rings. The minimum Gasteiger partial charge on any atom is -0.496 e. The molecular weight excluding hydrogens is 558 g/mol. The first-order valence-corrected chi connectivity index (χ1v) is 14.8. The second-order valence-corrected chi connectivity index (χ2v) is 12.2. The molecule has 1 N–H and O–H groups in total. The number of imide groups is 1. The van der Waals surface area contributed by atoms with Crippen molar-refractivity contribution in [2.45, 2.75) is 36.6 Å². The Kier molecular flexibility index (Phi) is 7.04. The number of nitrogens with one attached hydrogen (secondary N) is 1. The van der Waals surface area contributed by atoms with E-state index in [-0.39, 0.29) is 29.1 Å². The van der Waals surface area contributed by atoms with Gasteiger partial charge in [-0.25, -0.2) is 4.90 Å². The molecule has 0 spiro atoms. The van der Waals surface area contributed by atoms with Gasteiger partial charge in [-0.05, 0) is 43.7 Å². The molecule has 3 heterocycles. The number of hydrogen-bond acceptors (Lipinski definition) is 7. The largest absolute Gasteiger partial charge is 0.496 e. The van der Waals surface area contributed by atoms with Crippen LogP contribution < -0.4 is 19.8 Å². The molecule has 3 atom stereocenters. The number of nitrogens with zero attached hydrogens (tertiary/aromatic N) is 2. The van der Waals surface area contributed by atoms with E-state index in [9.17, 15) is 19.2 Å². The van der Waals surface area contributed by atoms with E-state index >= 15 is 0 Å². The molecule has 2 aliphatic heterocycles. The summed E-state index contributed by atoms with van der Waals surface area (Å²) in [6.07, 6.45) is 0. The number of benzene rings is 3. The van der Waals surface area contributed by atoms with Crippen LogP contribution in [-0.4, -0.2) is 34.6 Å². The third-order valence-electron chi connectivity index (χ3n) is 7.54. The van der Waals surface area contributed by atoms with E-state index < -0.39 is 17.1 Å². The second-order valence-electron chi connectivity index (χ2n) is 10.1. The van der Waals surface area contributed by atoms with E-state index in [0.717, 1.165) is 28.0 Å². The lowest BCUT2D eigenvalue weighted by atomic mass is 9.82. The average Bonchev–Trinajstić information content (AvgIpc) is 3.41. The van der Waals surface area contributed by atoms with Crippen molar-refractivity contribution in [3.63, 3.8) is 0 Å². The third-order valence-corrected chi connectivity index (χ3v) is 10.1. The maximum absolute atomic E-state index is 14.0. The van der Waals surface area contributed by atoms with Gasteiger partial charge in [0.25, 0.3) is 0 Å². The molecule has 0 radical (unpaired) electrons. The van der Waals surface area contributed by atoms with Crippen molar-refractivity contribution in [3.8, 4) is 5.75 Å². The Labute approximate surface area is 245 Å². The maximum Gasteiger partial charge on any atom is 0.308 e. The zero-order chi connectivity index (χ0) is 28.8. The predicted octanol–water partition coefficient (Wildman–Crippen LogP) is 4.97. The number of thioether (sulfide) groups is 1. The van der Waals surface area contributed by atoms with Crippen molar-refractivity contribution >= 4 is 52.2 Å². The molecule has 3 unspecified atom stereocenters. The van der Waals surface area contributed by atoms with E-state index in [1.54, 1.807) is 31.4 Å². The number of carbonyl (C=O) groups excluding carboxylic acids is 3. The van der Waals surface area contributed by atoms with Crippen LogP contribution in [0.2, 0.25) is 0 Å². The van der Waals surface area contributed by atoms with Gasteiger partial charge in [-0.3, -0.25) is 23.7 Å². The lowest BCUT2D eigenvalue weighted by molar-refractivity contribution is -0.122. The summed E-state index contributed by atoms with van der Waals surface area (Å²) in [6.45, 7) is 3.62. The Balaban J connectivity index is 1.44. The number of ether oxygens (including phenoxy) is 1. The first kappa shape index (κ1) is 27.0. The van der Waals surface area contributed by atoms with E-state index in [1.807, 2.05) is 62.4 Å². The fourth-order valence-electron chi connectivity index (χ4n) is 5.51. The first-order valence-electron chi connectivity index (χ1n) is 13.1. The van der Waals surface area contributed by atoms with Gasteiger partial charge in [-0.2, -0.15) is 0 Å². The number of amides is 3. The highest BCUT2D eigenvalue weighted by molar-refractivity contribution is 8.00. The van der Waals surface area contributed by atoms with Crippen LogP contribution in [0.1, 0.15) is 27.5 Å². The number of methoxy groups -OCH3 is 1. The minimum absolute atomic E-state index is 0.216. The molecule has 41 heavy (non-hydrogen) atoms. The van der Waals surface area contributed by atoms with Crippen molar-refractivity contribution < 1.29 is 19.1 Å². The monoisotopic (exact) mass is 585 g/mol. The molecular formula is C31H27N3O5S2. The van der Waals surface area contributed by atoms with E-state index in [4.69, 9.17) is 4.74 Å². The van der Waals surface area contributed by atoms with Crippen LogP contribution >= 0.6 is 23.1 Å². The number of carbonyl (C=O) groups is 3.